The Hall–Kier alpha value is -2.56. The van der Waals surface area contributed by atoms with Crippen LogP contribution in [-0.2, 0) is 14.6 Å². The maximum atomic E-state index is 12.2. The maximum Gasteiger partial charge on any atom is 0.270 e. The number of aromatic nitrogens is 1. The third-order valence-corrected chi connectivity index (χ3v) is 6.14. The highest BCUT2D eigenvalue weighted by Gasteiger charge is 2.20. The van der Waals surface area contributed by atoms with E-state index in [1.807, 2.05) is 0 Å². The van der Waals surface area contributed by atoms with E-state index in [2.05, 4.69) is 10.3 Å². The summed E-state index contributed by atoms with van der Waals surface area (Å²) >= 11 is 6.74. The molecule has 8 nitrogen and oxygen atoms in total. The molecule has 0 unspecified atom stereocenters. The Morgan fingerprint density at radius 2 is 1.92 bits per heavy atom. The van der Waals surface area contributed by atoms with Crippen LogP contribution in [0.2, 0.25) is 5.02 Å². The van der Waals surface area contributed by atoms with Crippen molar-refractivity contribution in [3.05, 3.63) is 57.6 Å². The number of hydrogen-bond donors (Lipinski definition) is 1. The fourth-order valence-electron chi connectivity index (χ4n) is 2.13. The van der Waals surface area contributed by atoms with Gasteiger partial charge in [-0.25, -0.2) is 13.4 Å². The smallest absolute Gasteiger partial charge is 0.270 e. The summed E-state index contributed by atoms with van der Waals surface area (Å²) in [5, 5.41) is 13.7. The summed E-state index contributed by atoms with van der Waals surface area (Å²) in [5.74, 6) is -1.52. The minimum absolute atomic E-state index is 0.0167. The molecule has 0 saturated heterocycles. The van der Waals surface area contributed by atoms with E-state index in [1.54, 1.807) is 0 Å². The van der Waals surface area contributed by atoms with Gasteiger partial charge in [0.1, 0.15) is 5.75 Å². The molecule has 3 rings (SSSR count). The van der Waals surface area contributed by atoms with Crippen LogP contribution < -0.4 is 5.32 Å². The van der Waals surface area contributed by atoms with E-state index in [-0.39, 0.29) is 15.7 Å². The number of thiazole rings is 1. The van der Waals surface area contributed by atoms with Crippen molar-refractivity contribution in [1.29, 1.82) is 0 Å². The molecule has 134 valence electrons. The lowest BCUT2D eigenvalue weighted by atomic mass is 10.3. The van der Waals surface area contributed by atoms with Gasteiger partial charge in [0.15, 0.2) is 15.0 Å². The number of benzene rings is 2. The number of nitro benzene ring substituents is 1. The number of nitro groups is 1. The van der Waals surface area contributed by atoms with E-state index in [1.165, 1.54) is 42.5 Å². The molecule has 1 N–H and O–H groups in total. The summed E-state index contributed by atoms with van der Waals surface area (Å²) in [7, 11) is -3.83. The van der Waals surface area contributed by atoms with Crippen LogP contribution in [0.5, 0.6) is 0 Å². The molecule has 0 bridgehead atoms. The number of non-ortho nitro benzene ring substituents is 1. The molecule has 0 spiro atoms. The zero-order valence-corrected chi connectivity index (χ0v) is 15.3. The second-order valence-corrected chi connectivity index (χ2v) is 8.65. The van der Waals surface area contributed by atoms with Gasteiger partial charge >= 0.3 is 0 Å². The van der Waals surface area contributed by atoms with Crippen molar-refractivity contribution in [2.75, 3.05) is 11.1 Å². The van der Waals surface area contributed by atoms with Crippen molar-refractivity contribution >= 4 is 59.7 Å². The summed E-state index contributed by atoms with van der Waals surface area (Å²) in [4.78, 5) is 26.4. The highest BCUT2D eigenvalue weighted by atomic mass is 35.5. The van der Waals surface area contributed by atoms with Gasteiger partial charge in [-0.15, -0.1) is 0 Å². The molecule has 26 heavy (non-hydrogen) atoms. The molecule has 0 radical (unpaired) electrons. The first-order valence-corrected chi connectivity index (χ1v) is 9.92. The van der Waals surface area contributed by atoms with E-state index in [0.717, 1.165) is 11.3 Å². The molecular formula is C15H10ClN3O5S2. The summed E-state index contributed by atoms with van der Waals surface area (Å²) in [6, 6.07) is 9.60. The Morgan fingerprint density at radius 1 is 1.23 bits per heavy atom. The number of hydrogen-bond acceptors (Lipinski definition) is 7. The Balaban J connectivity index is 1.76. The lowest BCUT2D eigenvalue weighted by Gasteiger charge is -2.04. The molecule has 0 aliphatic carbocycles. The molecule has 0 fully saturated rings. The molecule has 1 heterocycles. The van der Waals surface area contributed by atoms with Gasteiger partial charge in [-0.2, -0.15) is 0 Å². The SMILES string of the molecule is O=C(CS(=O)(=O)c1ccc(Cl)cc1)Nc1nc2ccc([N+](=O)[O-])cc2s1. The molecule has 2 aromatic carbocycles. The molecule has 0 atom stereocenters. The minimum atomic E-state index is -3.83. The molecule has 11 heteroatoms. The number of halogens is 1. The van der Waals surface area contributed by atoms with Gasteiger partial charge < -0.3 is 5.32 Å². The number of rotatable bonds is 5. The van der Waals surface area contributed by atoms with E-state index in [4.69, 9.17) is 11.6 Å². The van der Waals surface area contributed by atoms with Crippen LogP contribution in [0.15, 0.2) is 47.4 Å². The molecule has 1 amide bonds. The predicted molar refractivity (Wildman–Crippen MR) is 98.4 cm³/mol. The average molecular weight is 412 g/mol. The van der Waals surface area contributed by atoms with Crippen LogP contribution in [0.25, 0.3) is 10.2 Å². The number of carbonyl (C=O) groups is 1. The number of carbonyl (C=O) groups excluding carboxylic acids is 1. The number of fused-ring (bicyclic) bond motifs is 1. The van der Waals surface area contributed by atoms with Gasteiger partial charge in [0.2, 0.25) is 5.91 Å². The van der Waals surface area contributed by atoms with Crippen molar-refractivity contribution < 1.29 is 18.1 Å². The zero-order valence-electron chi connectivity index (χ0n) is 12.9. The largest absolute Gasteiger partial charge is 0.301 e. The first kappa shape index (κ1) is 18.2. The summed E-state index contributed by atoms with van der Waals surface area (Å²) in [5.41, 5.74) is 0.376. The number of anilines is 1. The predicted octanol–water partition coefficient (Wildman–Crippen LogP) is 3.27. The average Bonchev–Trinajstić information content (AvgIpc) is 2.95. The van der Waals surface area contributed by atoms with Crippen LogP contribution in [-0.4, -0.2) is 30.0 Å². The normalized spacial score (nSPS) is 11.4. The first-order chi connectivity index (χ1) is 12.2. The molecule has 0 aliphatic rings. The first-order valence-electron chi connectivity index (χ1n) is 7.08. The quantitative estimate of drug-likeness (QED) is 0.508. The van der Waals surface area contributed by atoms with Crippen molar-refractivity contribution in [1.82, 2.24) is 4.98 Å². The second-order valence-electron chi connectivity index (χ2n) is 5.19. The van der Waals surface area contributed by atoms with Crippen molar-refractivity contribution in [2.45, 2.75) is 4.90 Å². The van der Waals surface area contributed by atoms with Gasteiger partial charge in [-0.1, -0.05) is 22.9 Å². The maximum absolute atomic E-state index is 12.2. The van der Waals surface area contributed by atoms with Crippen molar-refractivity contribution in [3.8, 4) is 0 Å². The fourth-order valence-corrected chi connectivity index (χ4v) is 4.31. The molecule has 0 aliphatic heterocycles. The Bertz CT molecular complexity index is 1110. The van der Waals surface area contributed by atoms with E-state index in [0.29, 0.717) is 15.2 Å². The number of amides is 1. The van der Waals surface area contributed by atoms with Gasteiger partial charge in [-0.05, 0) is 30.3 Å². The van der Waals surface area contributed by atoms with Gasteiger partial charge in [0.05, 0.1) is 20.0 Å². The van der Waals surface area contributed by atoms with Crippen LogP contribution in [0.1, 0.15) is 0 Å². The third kappa shape index (κ3) is 3.98. The minimum Gasteiger partial charge on any atom is -0.301 e. The molecule has 3 aromatic rings. The molecular weight excluding hydrogens is 402 g/mol. The van der Waals surface area contributed by atoms with Crippen LogP contribution >= 0.6 is 22.9 Å². The topological polar surface area (TPSA) is 119 Å². The lowest BCUT2D eigenvalue weighted by molar-refractivity contribution is -0.384. The third-order valence-electron chi connectivity index (χ3n) is 3.32. The number of nitrogens with zero attached hydrogens (tertiary/aromatic N) is 2. The van der Waals surface area contributed by atoms with Crippen LogP contribution in [0.3, 0.4) is 0 Å². The number of nitrogens with one attached hydrogen (secondary N) is 1. The summed E-state index contributed by atoms with van der Waals surface area (Å²) in [6.45, 7) is 0. The summed E-state index contributed by atoms with van der Waals surface area (Å²) in [6.07, 6.45) is 0. The second kappa shape index (κ2) is 6.98. The molecule has 1 aromatic heterocycles. The lowest BCUT2D eigenvalue weighted by Crippen LogP contribution is -2.22. The standard InChI is InChI=1S/C15H10ClN3O5S2/c16-9-1-4-11(5-2-9)26(23,24)8-14(20)18-15-17-12-6-3-10(19(21)22)7-13(12)25-15/h1-7H,8H2,(H,17,18,20). The van der Waals surface area contributed by atoms with E-state index in [9.17, 15) is 23.3 Å². The summed E-state index contributed by atoms with van der Waals surface area (Å²) < 4.78 is 25.0. The Kier molecular flexibility index (Phi) is 4.90. The van der Waals surface area contributed by atoms with Crippen molar-refractivity contribution in [3.63, 3.8) is 0 Å². The fraction of sp³-hybridized carbons (Fsp3) is 0.0667. The van der Waals surface area contributed by atoms with Crippen molar-refractivity contribution in [2.24, 2.45) is 0 Å². The molecule has 0 saturated carbocycles. The highest BCUT2D eigenvalue weighted by molar-refractivity contribution is 7.92. The highest BCUT2D eigenvalue weighted by Crippen LogP contribution is 2.29. The van der Waals surface area contributed by atoms with Crippen LogP contribution in [0, 0.1) is 10.1 Å². The van der Waals surface area contributed by atoms with E-state index < -0.39 is 26.4 Å². The van der Waals surface area contributed by atoms with Crippen LogP contribution in [0.4, 0.5) is 10.8 Å². The Labute approximate surface area is 156 Å². The number of sulfone groups is 1. The van der Waals surface area contributed by atoms with E-state index >= 15 is 0 Å². The van der Waals surface area contributed by atoms with Gasteiger partial charge in [-0.3, -0.25) is 14.9 Å². The van der Waals surface area contributed by atoms with Gasteiger partial charge in [0, 0.05) is 17.2 Å². The Morgan fingerprint density at radius 3 is 2.58 bits per heavy atom. The van der Waals surface area contributed by atoms with Gasteiger partial charge in [0.25, 0.3) is 5.69 Å². The monoisotopic (exact) mass is 411 g/mol. The zero-order chi connectivity index (χ0) is 18.9.